The molecule has 2 nitrogen and oxygen atoms in total. The van der Waals surface area contributed by atoms with Crippen LogP contribution in [0.25, 0.3) is 0 Å². The van der Waals surface area contributed by atoms with Gasteiger partial charge < -0.3 is 0 Å². The summed E-state index contributed by atoms with van der Waals surface area (Å²) < 4.78 is 0. The van der Waals surface area contributed by atoms with Crippen molar-refractivity contribution in [1.82, 2.24) is 0 Å². The van der Waals surface area contributed by atoms with Crippen LogP contribution in [-0.2, 0) is 11.2 Å². The first-order chi connectivity index (χ1) is 7.56. The van der Waals surface area contributed by atoms with E-state index in [4.69, 9.17) is 5.26 Å². The maximum absolute atomic E-state index is 11.2. The molecule has 0 radical (unpaired) electrons. The van der Waals surface area contributed by atoms with Gasteiger partial charge in [-0.1, -0.05) is 47.1 Å². The Labute approximate surface area is 104 Å². The zero-order chi connectivity index (χ0) is 12.1. The lowest BCUT2D eigenvalue weighted by Crippen LogP contribution is -2.17. The molecule has 0 bridgehead atoms. The van der Waals surface area contributed by atoms with Crippen molar-refractivity contribution >= 4 is 21.7 Å². The van der Waals surface area contributed by atoms with E-state index in [1.165, 1.54) is 0 Å². The van der Waals surface area contributed by atoms with Gasteiger partial charge in [-0.25, -0.2) is 0 Å². The predicted molar refractivity (Wildman–Crippen MR) is 67.6 cm³/mol. The van der Waals surface area contributed by atoms with Crippen molar-refractivity contribution in [3.05, 3.63) is 35.4 Å². The van der Waals surface area contributed by atoms with Gasteiger partial charge in [-0.2, -0.15) is 5.26 Å². The number of nitrogens with zero attached hydrogens (tertiary/aromatic N) is 1. The molecule has 84 valence electrons. The third kappa shape index (κ3) is 3.18. The molecule has 1 aromatic carbocycles. The van der Waals surface area contributed by atoms with E-state index in [1.54, 1.807) is 6.92 Å². The summed E-state index contributed by atoms with van der Waals surface area (Å²) in [6.07, 6.45) is 0.430. The van der Waals surface area contributed by atoms with E-state index in [2.05, 4.69) is 22.0 Å². The molecule has 0 N–H and O–H groups in total. The standard InChI is InChI=1S/C13H14BrNO/c1-9(13(14)10(2)16)12-5-3-11(4-6-12)7-8-15/h3-6,9,13H,7H2,1-2H3. The van der Waals surface area contributed by atoms with Crippen LogP contribution in [0.5, 0.6) is 0 Å². The highest BCUT2D eigenvalue weighted by atomic mass is 79.9. The van der Waals surface area contributed by atoms with Gasteiger partial charge in [0.2, 0.25) is 0 Å². The first kappa shape index (κ1) is 12.9. The van der Waals surface area contributed by atoms with Gasteiger partial charge in [0.25, 0.3) is 0 Å². The van der Waals surface area contributed by atoms with E-state index in [0.29, 0.717) is 6.42 Å². The van der Waals surface area contributed by atoms with Crippen LogP contribution in [0.1, 0.15) is 30.9 Å². The second-order valence-corrected chi connectivity index (χ2v) is 4.86. The molecule has 0 aliphatic rings. The summed E-state index contributed by atoms with van der Waals surface area (Å²) in [5.41, 5.74) is 2.12. The molecule has 0 amide bonds. The smallest absolute Gasteiger partial charge is 0.144 e. The van der Waals surface area contributed by atoms with Crippen LogP contribution < -0.4 is 0 Å². The number of Topliss-reactive ketones (excluding diaryl/α,β-unsaturated/α-hetero) is 1. The van der Waals surface area contributed by atoms with Crippen LogP contribution in [0.3, 0.4) is 0 Å². The van der Waals surface area contributed by atoms with Gasteiger partial charge >= 0.3 is 0 Å². The van der Waals surface area contributed by atoms with Crippen LogP contribution in [0, 0.1) is 11.3 Å². The van der Waals surface area contributed by atoms with Gasteiger partial charge in [0.15, 0.2) is 0 Å². The van der Waals surface area contributed by atoms with E-state index in [-0.39, 0.29) is 16.5 Å². The number of hydrogen-bond donors (Lipinski definition) is 0. The zero-order valence-electron chi connectivity index (χ0n) is 9.40. The normalized spacial score (nSPS) is 13.9. The molecule has 2 unspecified atom stereocenters. The molecule has 2 atom stereocenters. The van der Waals surface area contributed by atoms with E-state index in [9.17, 15) is 4.79 Å². The molecule has 0 aliphatic heterocycles. The maximum Gasteiger partial charge on any atom is 0.144 e. The molecular formula is C13H14BrNO. The minimum absolute atomic E-state index is 0.133. The molecule has 1 rings (SSSR count). The predicted octanol–water partition coefficient (Wildman–Crippen LogP) is 3.21. The van der Waals surface area contributed by atoms with Gasteiger partial charge in [0, 0.05) is 5.92 Å². The lowest BCUT2D eigenvalue weighted by Gasteiger charge is -2.16. The second kappa shape index (κ2) is 5.81. The second-order valence-electron chi connectivity index (χ2n) is 3.88. The number of alkyl halides is 1. The Balaban J connectivity index is 2.82. The summed E-state index contributed by atoms with van der Waals surface area (Å²) in [7, 11) is 0. The molecule has 0 saturated carbocycles. The average molecular weight is 280 g/mol. The highest BCUT2D eigenvalue weighted by molar-refractivity contribution is 9.10. The highest BCUT2D eigenvalue weighted by Gasteiger charge is 2.19. The Morgan fingerprint density at radius 2 is 2.00 bits per heavy atom. The Bertz CT molecular complexity index is 405. The molecule has 0 fully saturated rings. The average Bonchev–Trinajstić information content (AvgIpc) is 2.28. The van der Waals surface area contributed by atoms with Crippen LogP contribution in [-0.4, -0.2) is 10.6 Å². The summed E-state index contributed by atoms with van der Waals surface area (Å²) in [6.45, 7) is 3.60. The van der Waals surface area contributed by atoms with Gasteiger partial charge in [-0.3, -0.25) is 4.79 Å². The van der Waals surface area contributed by atoms with Crippen LogP contribution in [0.4, 0.5) is 0 Å². The van der Waals surface area contributed by atoms with Crippen LogP contribution >= 0.6 is 15.9 Å². The summed E-state index contributed by atoms with van der Waals surface area (Å²) in [6, 6.07) is 9.95. The highest BCUT2D eigenvalue weighted by Crippen LogP contribution is 2.25. The minimum atomic E-state index is -0.144. The summed E-state index contributed by atoms with van der Waals surface area (Å²) in [4.78, 5) is 11.1. The van der Waals surface area contributed by atoms with Crippen molar-refractivity contribution in [1.29, 1.82) is 5.26 Å². The van der Waals surface area contributed by atoms with Crippen molar-refractivity contribution in [2.75, 3.05) is 0 Å². The third-order valence-corrected chi connectivity index (χ3v) is 4.05. The molecular weight excluding hydrogens is 266 g/mol. The first-order valence-corrected chi connectivity index (χ1v) is 6.08. The Morgan fingerprint density at radius 1 is 1.44 bits per heavy atom. The Hall–Kier alpha value is -1.14. The molecule has 1 aromatic rings. The number of carbonyl (C=O) groups is 1. The molecule has 0 heterocycles. The van der Waals surface area contributed by atoms with E-state index < -0.39 is 0 Å². The van der Waals surface area contributed by atoms with Crippen molar-refractivity contribution in [3.8, 4) is 6.07 Å². The number of rotatable bonds is 4. The summed E-state index contributed by atoms with van der Waals surface area (Å²) in [5, 5.41) is 8.56. The third-order valence-electron chi connectivity index (χ3n) is 2.62. The summed E-state index contributed by atoms with van der Waals surface area (Å²) in [5.74, 6) is 0.280. The number of hydrogen-bond acceptors (Lipinski definition) is 2. The molecule has 3 heteroatoms. The molecule has 0 spiro atoms. The number of nitriles is 1. The fraction of sp³-hybridized carbons (Fsp3) is 0.385. The number of benzene rings is 1. The quantitative estimate of drug-likeness (QED) is 0.794. The first-order valence-electron chi connectivity index (χ1n) is 5.16. The fourth-order valence-corrected chi connectivity index (χ4v) is 1.86. The molecule has 0 aromatic heterocycles. The largest absolute Gasteiger partial charge is 0.299 e. The Kier molecular flexibility index (Phi) is 4.70. The monoisotopic (exact) mass is 279 g/mol. The number of ketones is 1. The maximum atomic E-state index is 11.2. The van der Waals surface area contributed by atoms with Gasteiger partial charge in [0.05, 0.1) is 17.3 Å². The summed E-state index contributed by atoms with van der Waals surface area (Å²) >= 11 is 3.39. The van der Waals surface area contributed by atoms with Crippen LogP contribution in [0.15, 0.2) is 24.3 Å². The van der Waals surface area contributed by atoms with Crippen molar-refractivity contribution in [2.45, 2.75) is 31.0 Å². The topological polar surface area (TPSA) is 40.9 Å². The van der Waals surface area contributed by atoms with Crippen molar-refractivity contribution < 1.29 is 4.79 Å². The fourth-order valence-electron chi connectivity index (χ4n) is 1.55. The van der Waals surface area contributed by atoms with Crippen molar-refractivity contribution in [2.24, 2.45) is 0 Å². The lowest BCUT2D eigenvalue weighted by molar-refractivity contribution is -0.116. The molecule has 16 heavy (non-hydrogen) atoms. The lowest BCUT2D eigenvalue weighted by atomic mass is 9.95. The zero-order valence-corrected chi connectivity index (χ0v) is 11.0. The van der Waals surface area contributed by atoms with E-state index in [1.807, 2.05) is 31.2 Å². The van der Waals surface area contributed by atoms with Gasteiger partial charge in [-0.15, -0.1) is 0 Å². The van der Waals surface area contributed by atoms with E-state index >= 15 is 0 Å². The molecule has 0 aliphatic carbocycles. The van der Waals surface area contributed by atoms with E-state index in [0.717, 1.165) is 11.1 Å². The Morgan fingerprint density at radius 3 is 2.44 bits per heavy atom. The number of halogens is 1. The minimum Gasteiger partial charge on any atom is -0.299 e. The SMILES string of the molecule is CC(=O)C(Br)C(C)c1ccc(CC#N)cc1. The number of carbonyl (C=O) groups excluding carboxylic acids is 1. The van der Waals surface area contributed by atoms with Crippen molar-refractivity contribution in [3.63, 3.8) is 0 Å². The van der Waals surface area contributed by atoms with Gasteiger partial charge in [0.1, 0.15) is 5.78 Å². The van der Waals surface area contributed by atoms with Crippen LogP contribution in [0.2, 0.25) is 0 Å². The van der Waals surface area contributed by atoms with Gasteiger partial charge in [-0.05, 0) is 18.1 Å². The molecule has 0 saturated heterocycles.